The van der Waals surface area contributed by atoms with Gasteiger partial charge in [0.1, 0.15) is 5.82 Å². The van der Waals surface area contributed by atoms with Gasteiger partial charge in [0.2, 0.25) is 0 Å². The molecule has 0 spiro atoms. The summed E-state index contributed by atoms with van der Waals surface area (Å²) in [5, 5.41) is 10.3. The Kier molecular flexibility index (Phi) is 3.94. The fraction of sp³-hybridized carbons (Fsp3) is 0.500. The van der Waals surface area contributed by atoms with E-state index < -0.39 is 21.8 Å². The Morgan fingerprint density at radius 2 is 2.22 bits per heavy atom. The number of benzene rings is 1. The third-order valence-electron chi connectivity index (χ3n) is 3.20. The van der Waals surface area contributed by atoms with E-state index in [4.69, 9.17) is 11.6 Å². The molecule has 0 bridgehead atoms. The predicted octanol–water partition coefficient (Wildman–Crippen LogP) is 2.34. The van der Waals surface area contributed by atoms with Crippen LogP contribution >= 0.6 is 11.6 Å². The molecule has 6 heteroatoms. The molecule has 1 fully saturated rings. The van der Waals surface area contributed by atoms with Crippen LogP contribution in [0, 0.1) is 11.7 Å². The van der Waals surface area contributed by atoms with Crippen molar-refractivity contribution in [3.05, 3.63) is 34.6 Å². The average Bonchev–Trinajstić information content (AvgIpc) is 2.61. The van der Waals surface area contributed by atoms with Crippen molar-refractivity contribution in [3.8, 4) is 0 Å². The fourth-order valence-electron chi connectivity index (χ4n) is 2.27. The van der Waals surface area contributed by atoms with Crippen LogP contribution in [-0.4, -0.2) is 25.0 Å². The first-order chi connectivity index (χ1) is 8.37. The van der Waals surface area contributed by atoms with Crippen LogP contribution in [0.3, 0.4) is 0 Å². The Morgan fingerprint density at radius 1 is 1.50 bits per heavy atom. The van der Waals surface area contributed by atoms with Crippen molar-refractivity contribution >= 4 is 21.4 Å². The van der Waals surface area contributed by atoms with Crippen molar-refractivity contribution in [2.45, 2.75) is 18.9 Å². The molecule has 1 heterocycles. The molecule has 0 amide bonds. The average molecular weight is 293 g/mol. The van der Waals surface area contributed by atoms with E-state index in [0.29, 0.717) is 23.4 Å². The molecule has 0 aliphatic carbocycles. The molecule has 0 aromatic heterocycles. The maximum absolute atomic E-state index is 13.1. The molecule has 0 radical (unpaired) electrons. The molecule has 1 N–H and O–H groups in total. The fourth-order valence-corrected chi connectivity index (χ4v) is 4.39. The third-order valence-corrected chi connectivity index (χ3v) is 5.38. The quantitative estimate of drug-likeness (QED) is 0.930. The van der Waals surface area contributed by atoms with Gasteiger partial charge >= 0.3 is 0 Å². The second-order valence-corrected chi connectivity index (χ2v) is 7.32. The zero-order valence-electron chi connectivity index (χ0n) is 9.64. The van der Waals surface area contributed by atoms with Crippen molar-refractivity contribution in [3.63, 3.8) is 0 Å². The summed E-state index contributed by atoms with van der Waals surface area (Å²) < 4.78 is 35.7. The highest BCUT2D eigenvalue weighted by molar-refractivity contribution is 7.91. The smallest absolute Gasteiger partial charge is 0.150 e. The summed E-state index contributed by atoms with van der Waals surface area (Å²) in [4.78, 5) is 0. The lowest BCUT2D eigenvalue weighted by Crippen LogP contribution is -2.10. The lowest BCUT2D eigenvalue weighted by molar-refractivity contribution is 0.148. The van der Waals surface area contributed by atoms with Gasteiger partial charge in [0.15, 0.2) is 9.84 Å². The van der Waals surface area contributed by atoms with E-state index in [1.54, 1.807) is 0 Å². The maximum atomic E-state index is 13.1. The van der Waals surface area contributed by atoms with E-state index in [2.05, 4.69) is 0 Å². The van der Waals surface area contributed by atoms with Gasteiger partial charge in [0.05, 0.1) is 17.6 Å². The molecule has 18 heavy (non-hydrogen) atoms. The SMILES string of the molecule is O=S1(=O)CCC(CC(O)c2cc(F)ccc2Cl)C1. The standard InChI is InChI=1S/C12H14ClFO3S/c13-11-2-1-9(14)6-10(11)12(15)5-8-3-4-18(16,17)7-8/h1-2,6,8,12,15H,3-5,7H2. The number of sulfone groups is 1. The molecule has 2 rings (SSSR count). The van der Waals surface area contributed by atoms with Gasteiger partial charge in [-0.1, -0.05) is 11.6 Å². The topological polar surface area (TPSA) is 54.4 Å². The first kappa shape index (κ1) is 13.8. The minimum absolute atomic E-state index is 0.0793. The first-order valence-corrected chi connectivity index (χ1v) is 7.91. The van der Waals surface area contributed by atoms with E-state index in [1.165, 1.54) is 18.2 Å². The number of aliphatic hydroxyl groups is 1. The highest BCUT2D eigenvalue weighted by atomic mass is 35.5. The van der Waals surface area contributed by atoms with Crippen molar-refractivity contribution in [2.75, 3.05) is 11.5 Å². The predicted molar refractivity (Wildman–Crippen MR) is 67.7 cm³/mol. The molecular weight excluding hydrogens is 279 g/mol. The number of rotatable bonds is 3. The molecule has 1 aliphatic heterocycles. The van der Waals surface area contributed by atoms with Crippen LogP contribution in [0.25, 0.3) is 0 Å². The molecule has 3 nitrogen and oxygen atoms in total. The summed E-state index contributed by atoms with van der Waals surface area (Å²) in [6, 6.07) is 3.80. The zero-order valence-corrected chi connectivity index (χ0v) is 11.2. The maximum Gasteiger partial charge on any atom is 0.150 e. The van der Waals surface area contributed by atoms with Crippen LogP contribution in [0.4, 0.5) is 4.39 Å². The van der Waals surface area contributed by atoms with Crippen LogP contribution in [0.5, 0.6) is 0 Å². The molecule has 0 saturated carbocycles. The van der Waals surface area contributed by atoms with Gasteiger partial charge in [0.25, 0.3) is 0 Å². The molecule has 2 unspecified atom stereocenters. The van der Waals surface area contributed by atoms with Gasteiger partial charge in [-0.2, -0.15) is 0 Å². The summed E-state index contributed by atoms with van der Waals surface area (Å²) in [5.74, 6) is -0.282. The largest absolute Gasteiger partial charge is 0.388 e. The van der Waals surface area contributed by atoms with Gasteiger partial charge in [-0.05, 0) is 37.0 Å². The third kappa shape index (κ3) is 3.22. The van der Waals surface area contributed by atoms with Gasteiger partial charge in [-0.15, -0.1) is 0 Å². The van der Waals surface area contributed by atoms with Gasteiger partial charge in [-0.25, -0.2) is 12.8 Å². The van der Waals surface area contributed by atoms with E-state index in [-0.39, 0.29) is 17.4 Å². The van der Waals surface area contributed by atoms with E-state index in [0.717, 1.165) is 0 Å². The molecule has 1 saturated heterocycles. The molecule has 2 atom stereocenters. The van der Waals surface area contributed by atoms with Crippen LogP contribution in [-0.2, 0) is 9.84 Å². The first-order valence-electron chi connectivity index (χ1n) is 5.71. The zero-order chi connectivity index (χ0) is 13.3. The number of hydrogen-bond donors (Lipinski definition) is 1. The molecule has 1 aliphatic rings. The number of aliphatic hydroxyl groups excluding tert-OH is 1. The second-order valence-electron chi connectivity index (χ2n) is 4.69. The summed E-state index contributed by atoms with van der Waals surface area (Å²) in [6.07, 6.45) is -0.0825. The van der Waals surface area contributed by atoms with E-state index >= 15 is 0 Å². The summed E-state index contributed by atoms with van der Waals surface area (Å²) in [5.41, 5.74) is 0.320. The summed E-state index contributed by atoms with van der Waals surface area (Å²) in [7, 11) is -2.96. The minimum atomic E-state index is -2.96. The number of halogens is 2. The highest BCUT2D eigenvalue weighted by Crippen LogP contribution is 2.32. The molecule has 1 aromatic carbocycles. The van der Waals surface area contributed by atoms with Crippen LogP contribution in [0.2, 0.25) is 5.02 Å². The van der Waals surface area contributed by atoms with E-state index in [9.17, 15) is 17.9 Å². The lowest BCUT2D eigenvalue weighted by atomic mass is 9.96. The second kappa shape index (κ2) is 5.15. The monoisotopic (exact) mass is 292 g/mol. The Morgan fingerprint density at radius 3 is 2.83 bits per heavy atom. The van der Waals surface area contributed by atoms with Gasteiger partial charge in [-0.3, -0.25) is 0 Å². The van der Waals surface area contributed by atoms with Crippen molar-refractivity contribution < 1.29 is 17.9 Å². The lowest BCUT2D eigenvalue weighted by Gasteiger charge is -2.16. The van der Waals surface area contributed by atoms with Gasteiger partial charge < -0.3 is 5.11 Å². The minimum Gasteiger partial charge on any atom is -0.388 e. The Bertz CT molecular complexity index is 544. The normalized spacial score (nSPS) is 24.1. The molecular formula is C12H14ClFO3S. The molecule has 100 valence electrons. The Hall–Kier alpha value is -0.650. The molecule has 1 aromatic rings. The van der Waals surface area contributed by atoms with Crippen molar-refractivity contribution in [1.82, 2.24) is 0 Å². The van der Waals surface area contributed by atoms with Crippen molar-refractivity contribution in [1.29, 1.82) is 0 Å². The Balaban J connectivity index is 2.08. The van der Waals surface area contributed by atoms with Crippen LogP contribution in [0.1, 0.15) is 24.5 Å². The highest BCUT2D eigenvalue weighted by Gasteiger charge is 2.30. The van der Waals surface area contributed by atoms with E-state index in [1.807, 2.05) is 0 Å². The Labute approximate surface area is 111 Å². The van der Waals surface area contributed by atoms with Gasteiger partial charge in [0, 0.05) is 10.6 Å². The van der Waals surface area contributed by atoms with Crippen molar-refractivity contribution in [2.24, 2.45) is 5.92 Å². The summed E-state index contributed by atoms with van der Waals surface area (Å²) in [6.45, 7) is 0. The summed E-state index contributed by atoms with van der Waals surface area (Å²) >= 11 is 5.89. The van der Waals surface area contributed by atoms with Crippen LogP contribution < -0.4 is 0 Å². The number of hydrogen-bond acceptors (Lipinski definition) is 3. The van der Waals surface area contributed by atoms with Crippen LogP contribution in [0.15, 0.2) is 18.2 Å².